The van der Waals surface area contributed by atoms with E-state index >= 15 is 0 Å². The lowest BCUT2D eigenvalue weighted by atomic mass is 10.3. The topological polar surface area (TPSA) is 21.8 Å². The van der Waals surface area contributed by atoms with Gasteiger partial charge in [-0.15, -0.1) is 0 Å². The maximum atomic E-state index is 5.38. The lowest BCUT2D eigenvalue weighted by molar-refractivity contribution is 0.115. The molecular weight excluding hydrogens is 152 g/mol. The molecule has 0 bridgehead atoms. The van der Waals surface area contributed by atoms with Crippen molar-refractivity contribution in [3.05, 3.63) is 12.2 Å². The summed E-state index contributed by atoms with van der Waals surface area (Å²) in [6.07, 6.45) is 8.23. The summed E-state index contributed by atoms with van der Waals surface area (Å²) < 4.78 is 10.4. The summed E-state index contributed by atoms with van der Waals surface area (Å²) in [5.41, 5.74) is 0. The number of hydrogen-bond donors (Lipinski definition) is 0. The second-order valence-electron chi connectivity index (χ2n) is 3.05. The molecule has 1 saturated heterocycles. The van der Waals surface area contributed by atoms with Gasteiger partial charge >= 0.3 is 0 Å². The molecule has 1 fully saturated rings. The Bertz CT molecular complexity index is 128. The molecule has 1 atom stereocenters. The van der Waals surface area contributed by atoms with Gasteiger partial charge in [-0.25, -0.2) is 0 Å². The van der Waals surface area contributed by atoms with Crippen LogP contribution in [0.25, 0.3) is 0 Å². The third kappa shape index (κ3) is 5.33. The first-order valence-corrected chi connectivity index (χ1v) is 4.78. The van der Waals surface area contributed by atoms with Crippen molar-refractivity contribution in [2.24, 2.45) is 0 Å². The van der Waals surface area contributed by atoms with Gasteiger partial charge in [0.1, 0.15) is 6.10 Å². The zero-order valence-corrected chi connectivity index (χ0v) is 7.79. The molecule has 0 aromatic heterocycles. The van der Waals surface area contributed by atoms with Gasteiger partial charge in [0.25, 0.3) is 0 Å². The Balaban J connectivity index is 1.72. The molecule has 0 radical (unpaired) electrons. The summed E-state index contributed by atoms with van der Waals surface area (Å²) in [5, 5.41) is 0. The van der Waals surface area contributed by atoms with Crippen molar-refractivity contribution in [3.8, 4) is 0 Å². The van der Waals surface area contributed by atoms with Crippen LogP contribution in [0.1, 0.15) is 26.2 Å². The SMILES string of the molecule is CCC=CCCCOCC1CO1. The van der Waals surface area contributed by atoms with Crippen LogP contribution in [0.5, 0.6) is 0 Å². The van der Waals surface area contributed by atoms with Crippen LogP contribution in [0.15, 0.2) is 12.2 Å². The highest BCUT2D eigenvalue weighted by Crippen LogP contribution is 2.08. The molecule has 2 nitrogen and oxygen atoms in total. The van der Waals surface area contributed by atoms with Crippen molar-refractivity contribution >= 4 is 0 Å². The summed E-state index contributed by atoms with van der Waals surface area (Å²) in [6, 6.07) is 0. The first-order valence-electron chi connectivity index (χ1n) is 4.78. The van der Waals surface area contributed by atoms with E-state index < -0.39 is 0 Å². The predicted octanol–water partition coefficient (Wildman–Crippen LogP) is 2.15. The van der Waals surface area contributed by atoms with Gasteiger partial charge in [-0.1, -0.05) is 19.1 Å². The maximum Gasteiger partial charge on any atom is 0.104 e. The Morgan fingerprint density at radius 1 is 1.50 bits per heavy atom. The monoisotopic (exact) mass is 170 g/mol. The summed E-state index contributed by atoms with van der Waals surface area (Å²) in [4.78, 5) is 0. The molecule has 70 valence electrons. The first-order chi connectivity index (χ1) is 5.93. The highest BCUT2D eigenvalue weighted by atomic mass is 16.6. The largest absolute Gasteiger partial charge is 0.379 e. The van der Waals surface area contributed by atoms with Gasteiger partial charge in [0.2, 0.25) is 0 Å². The molecule has 0 spiro atoms. The van der Waals surface area contributed by atoms with E-state index in [0.29, 0.717) is 6.10 Å². The van der Waals surface area contributed by atoms with E-state index in [-0.39, 0.29) is 0 Å². The Hall–Kier alpha value is -0.340. The summed E-state index contributed by atoms with van der Waals surface area (Å²) in [5.74, 6) is 0. The number of epoxide rings is 1. The number of ether oxygens (including phenoxy) is 2. The highest BCUT2D eigenvalue weighted by Gasteiger charge is 2.21. The van der Waals surface area contributed by atoms with Crippen LogP contribution >= 0.6 is 0 Å². The minimum atomic E-state index is 0.413. The standard InChI is InChI=1S/C10H18O2/c1-2-3-4-5-6-7-11-8-10-9-12-10/h3-4,10H,2,5-9H2,1H3. The quantitative estimate of drug-likeness (QED) is 0.332. The highest BCUT2D eigenvalue weighted by molar-refractivity contribution is 4.79. The number of unbranched alkanes of at least 4 members (excludes halogenated alkanes) is 1. The molecule has 1 aliphatic heterocycles. The average Bonchev–Trinajstić information content (AvgIpc) is 2.87. The van der Waals surface area contributed by atoms with E-state index in [0.717, 1.165) is 39.1 Å². The van der Waals surface area contributed by atoms with E-state index in [2.05, 4.69) is 19.1 Å². The molecular formula is C10H18O2. The van der Waals surface area contributed by atoms with Gasteiger partial charge < -0.3 is 9.47 Å². The lowest BCUT2D eigenvalue weighted by Gasteiger charge is -1.98. The van der Waals surface area contributed by atoms with Crippen molar-refractivity contribution in [3.63, 3.8) is 0 Å². The second kappa shape index (κ2) is 6.21. The lowest BCUT2D eigenvalue weighted by Crippen LogP contribution is -2.02. The van der Waals surface area contributed by atoms with E-state index in [1.54, 1.807) is 0 Å². The Morgan fingerprint density at radius 2 is 2.33 bits per heavy atom. The van der Waals surface area contributed by atoms with Gasteiger partial charge in [0.15, 0.2) is 0 Å². The molecule has 0 aliphatic carbocycles. The van der Waals surface area contributed by atoms with Gasteiger partial charge in [-0.05, 0) is 19.3 Å². The zero-order valence-electron chi connectivity index (χ0n) is 7.79. The van der Waals surface area contributed by atoms with Crippen LogP contribution in [0.3, 0.4) is 0 Å². The zero-order chi connectivity index (χ0) is 8.65. The Labute approximate surface area is 74.6 Å². The number of allylic oxidation sites excluding steroid dienone is 2. The van der Waals surface area contributed by atoms with Crippen LogP contribution < -0.4 is 0 Å². The Morgan fingerprint density at radius 3 is 3.00 bits per heavy atom. The van der Waals surface area contributed by atoms with Crippen molar-refractivity contribution < 1.29 is 9.47 Å². The minimum absolute atomic E-state index is 0.413. The predicted molar refractivity (Wildman–Crippen MR) is 49.2 cm³/mol. The summed E-state index contributed by atoms with van der Waals surface area (Å²) in [6.45, 7) is 4.71. The van der Waals surface area contributed by atoms with Gasteiger partial charge in [0.05, 0.1) is 13.2 Å². The molecule has 1 heterocycles. The Kier molecular flexibility index (Phi) is 5.04. The molecule has 2 heteroatoms. The third-order valence-corrected chi connectivity index (χ3v) is 1.77. The average molecular weight is 170 g/mol. The van der Waals surface area contributed by atoms with Crippen LogP contribution in [0, 0.1) is 0 Å². The smallest absolute Gasteiger partial charge is 0.104 e. The van der Waals surface area contributed by atoms with Crippen molar-refractivity contribution in [2.75, 3.05) is 19.8 Å². The first kappa shape index (κ1) is 9.75. The van der Waals surface area contributed by atoms with Crippen LogP contribution in [0.4, 0.5) is 0 Å². The van der Waals surface area contributed by atoms with Gasteiger partial charge in [-0.2, -0.15) is 0 Å². The van der Waals surface area contributed by atoms with Crippen LogP contribution in [0.2, 0.25) is 0 Å². The molecule has 0 aromatic carbocycles. The fraction of sp³-hybridized carbons (Fsp3) is 0.800. The minimum Gasteiger partial charge on any atom is -0.379 e. The fourth-order valence-electron chi connectivity index (χ4n) is 0.967. The van der Waals surface area contributed by atoms with Gasteiger partial charge in [-0.3, -0.25) is 0 Å². The second-order valence-corrected chi connectivity index (χ2v) is 3.05. The number of rotatable bonds is 7. The van der Waals surface area contributed by atoms with Crippen molar-refractivity contribution in [1.82, 2.24) is 0 Å². The molecule has 1 unspecified atom stereocenters. The van der Waals surface area contributed by atoms with E-state index in [1.807, 2.05) is 0 Å². The molecule has 0 N–H and O–H groups in total. The van der Waals surface area contributed by atoms with Crippen molar-refractivity contribution in [2.45, 2.75) is 32.3 Å². The molecule has 1 aliphatic rings. The molecule has 12 heavy (non-hydrogen) atoms. The molecule has 0 saturated carbocycles. The van der Waals surface area contributed by atoms with Crippen LogP contribution in [-0.4, -0.2) is 25.9 Å². The molecule has 1 rings (SSSR count). The van der Waals surface area contributed by atoms with Gasteiger partial charge in [0, 0.05) is 6.61 Å². The summed E-state index contributed by atoms with van der Waals surface area (Å²) >= 11 is 0. The van der Waals surface area contributed by atoms with E-state index in [4.69, 9.17) is 9.47 Å². The molecule has 0 aromatic rings. The van der Waals surface area contributed by atoms with E-state index in [9.17, 15) is 0 Å². The normalized spacial score (nSPS) is 21.9. The maximum absolute atomic E-state index is 5.38. The van der Waals surface area contributed by atoms with E-state index in [1.165, 1.54) is 0 Å². The number of hydrogen-bond acceptors (Lipinski definition) is 2. The summed E-state index contributed by atoms with van der Waals surface area (Å²) in [7, 11) is 0. The fourth-order valence-corrected chi connectivity index (χ4v) is 0.967. The molecule has 0 amide bonds. The van der Waals surface area contributed by atoms with Crippen LogP contribution in [-0.2, 0) is 9.47 Å². The van der Waals surface area contributed by atoms with Crippen molar-refractivity contribution in [1.29, 1.82) is 0 Å². The third-order valence-electron chi connectivity index (χ3n) is 1.77.